The molecule has 0 aliphatic heterocycles. The maximum absolute atomic E-state index is 6.46. The van der Waals surface area contributed by atoms with Crippen LogP contribution in [0.3, 0.4) is 0 Å². The zero-order valence-corrected chi connectivity index (χ0v) is 23.5. The number of benzene rings is 7. The third-order valence-electron chi connectivity index (χ3n) is 9.25. The highest BCUT2D eigenvalue weighted by Crippen LogP contribution is 2.50. The quantitative estimate of drug-likeness (QED) is 0.205. The fraction of sp³-hybridized carbons (Fsp3) is 0.0750. The zero-order chi connectivity index (χ0) is 28.0. The highest BCUT2D eigenvalue weighted by molar-refractivity contribution is 6.18. The lowest BCUT2D eigenvalue weighted by Crippen LogP contribution is -2.14. The van der Waals surface area contributed by atoms with Crippen LogP contribution in [0.5, 0.6) is 0 Å². The van der Waals surface area contributed by atoms with Crippen LogP contribution >= 0.6 is 0 Å². The number of fused-ring (bicyclic) bond motifs is 9. The van der Waals surface area contributed by atoms with E-state index in [1.165, 1.54) is 54.9 Å². The Labute approximate surface area is 243 Å². The van der Waals surface area contributed by atoms with Gasteiger partial charge < -0.3 is 4.42 Å². The monoisotopic (exact) mass is 537 g/mol. The van der Waals surface area contributed by atoms with E-state index in [1.807, 2.05) is 30.3 Å². The lowest BCUT2D eigenvalue weighted by Gasteiger charge is -2.21. The summed E-state index contributed by atoms with van der Waals surface area (Å²) in [5, 5.41) is 7.17. The van der Waals surface area contributed by atoms with Gasteiger partial charge in [0.05, 0.1) is 0 Å². The van der Waals surface area contributed by atoms with Crippen LogP contribution in [-0.4, -0.2) is 4.98 Å². The van der Waals surface area contributed by atoms with E-state index in [0.29, 0.717) is 5.89 Å². The molecule has 8 aromatic rings. The summed E-state index contributed by atoms with van der Waals surface area (Å²) in [6.07, 6.45) is 0. The number of nitrogens with zero attached hydrogens (tertiary/aromatic N) is 1. The van der Waals surface area contributed by atoms with E-state index in [1.54, 1.807) is 0 Å². The van der Waals surface area contributed by atoms with Gasteiger partial charge in [0.15, 0.2) is 5.58 Å². The Morgan fingerprint density at radius 1 is 0.524 bits per heavy atom. The molecule has 1 aromatic heterocycles. The Bertz CT molecular complexity index is 2380. The molecule has 42 heavy (non-hydrogen) atoms. The lowest BCUT2D eigenvalue weighted by molar-refractivity contribution is 0.623. The second-order valence-corrected chi connectivity index (χ2v) is 12.0. The van der Waals surface area contributed by atoms with Crippen molar-refractivity contribution >= 4 is 43.4 Å². The highest BCUT2D eigenvalue weighted by atomic mass is 16.3. The average molecular weight is 538 g/mol. The summed E-state index contributed by atoms with van der Waals surface area (Å²) in [5.41, 5.74) is 10.6. The van der Waals surface area contributed by atoms with E-state index < -0.39 is 0 Å². The molecular weight excluding hydrogens is 510 g/mol. The molecule has 0 saturated carbocycles. The third kappa shape index (κ3) is 3.30. The van der Waals surface area contributed by atoms with Crippen LogP contribution in [0.25, 0.3) is 77.1 Å². The van der Waals surface area contributed by atoms with E-state index in [2.05, 4.69) is 111 Å². The molecule has 0 atom stereocenters. The van der Waals surface area contributed by atoms with Crippen molar-refractivity contribution in [3.8, 4) is 33.7 Å². The van der Waals surface area contributed by atoms with Gasteiger partial charge in [-0.1, -0.05) is 98.8 Å². The summed E-state index contributed by atoms with van der Waals surface area (Å²) in [5.74, 6) is 0.651. The Balaban J connectivity index is 1.22. The summed E-state index contributed by atoms with van der Waals surface area (Å²) in [4.78, 5) is 4.84. The van der Waals surface area contributed by atoms with Gasteiger partial charge in [-0.05, 0) is 103 Å². The van der Waals surface area contributed by atoms with Crippen molar-refractivity contribution in [3.05, 3.63) is 139 Å². The van der Waals surface area contributed by atoms with Crippen molar-refractivity contribution in [1.29, 1.82) is 0 Å². The Hall–Kier alpha value is -5.21. The topological polar surface area (TPSA) is 26.0 Å². The Morgan fingerprint density at radius 3 is 2.12 bits per heavy atom. The number of rotatable bonds is 2. The van der Waals surface area contributed by atoms with Gasteiger partial charge in [0.25, 0.3) is 0 Å². The van der Waals surface area contributed by atoms with Gasteiger partial charge in [-0.2, -0.15) is 0 Å². The Kier molecular flexibility index (Phi) is 4.70. The fourth-order valence-corrected chi connectivity index (χ4v) is 7.03. The summed E-state index contributed by atoms with van der Waals surface area (Å²) < 4.78 is 6.46. The van der Waals surface area contributed by atoms with E-state index in [0.717, 1.165) is 27.4 Å². The second-order valence-electron chi connectivity index (χ2n) is 12.0. The van der Waals surface area contributed by atoms with Crippen molar-refractivity contribution < 1.29 is 4.42 Å². The molecule has 9 rings (SSSR count). The van der Waals surface area contributed by atoms with Crippen LogP contribution < -0.4 is 0 Å². The Morgan fingerprint density at radius 2 is 1.24 bits per heavy atom. The molecule has 198 valence electrons. The molecule has 0 fully saturated rings. The van der Waals surface area contributed by atoms with Gasteiger partial charge in [0.2, 0.25) is 5.89 Å². The van der Waals surface area contributed by atoms with Gasteiger partial charge in [-0.15, -0.1) is 0 Å². The molecule has 1 aliphatic rings. The zero-order valence-electron chi connectivity index (χ0n) is 23.5. The van der Waals surface area contributed by atoms with Crippen molar-refractivity contribution in [3.63, 3.8) is 0 Å². The molecule has 7 aromatic carbocycles. The van der Waals surface area contributed by atoms with Gasteiger partial charge >= 0.3 is 0 Å². The molecule has 1 heterocycles. The molecule has 2 heteroatoms. The van der Waals surface area contributed by atoms with Crippen LogP contribution in [0.15, 0.2) is 132 Å². The van der Waals surface area contributed by atoms with Crippen molar-refractivity contribution in [1.82, 2.24) is 4.98 Å². The molecule has 0 spiro atoms. The normalized spacial score (nSPS) is 13.7. The van der Waals surface area contributed by atoms with Gasteiger partial charge in [0.1, 0.15) is 5.52 Å². The van der Waals surface area contributed by atoms with Crippen LogP contribution in [0, 0.1) is 0 Å². The largest absolute Gasteiger partial charge is 0.435 e. The minimum absolute atomic E-state index is 0.0148. The summed E-state index contributed by atoms with van der Waals surface area (Å²) >= 11 is 0. The maximum Gasteiger partial charge on any atom is 0.227 e. The second kappa shape index (κ2) is 8.41. The molecule has 0 radical (unpaired) electrons. The fourth-order valence-electron chi connectivity index (χ4n) is 7.03. The van der Waals surface area contributed by atoms with Crippen molar-refractivity contribution in [2.24, 2.45) is 0 Å². The molecule has 2 nitrogen and oxygen atoms in total. The average Bonchev–Trinajstić information content (AvgIpc) is 3.57. The molecule has 0 amide bonds. The highest BCUT2D eigenvalue weighted by Gasteiger charge is 2.35. The minimum Gasteiger partial charge on any atom is -0.435 e. The summed E-state index contributed by atoms with van der Waals surface area (Å²) in [6.45, 7) is 4.68. The van der Waals surface area contributed by atoms with E-state index in [4.69, 9.17) is 9.40 Å². The summed E-state index contributed by atoms with van der Waals surface area (Å²) in [6, 6.07) is 46.0. The van der Waals surface area contributed by atoms with Gasteiger partial charge in [-0.3, -0.25) is 0 Å². The predicted octanol–water partition coefficient (Wildman–Crippen LogP) is 10.9. The molecular formula is C40H27NO. The predicted molar refractivity (Wildman–Crippen MR) is 175 cm³/mol. The number of oxazole rings is 1. The van der Waals surface area contributed by atoms with E-state index in [-0.39, 0.29) is 5.41 Å². The summed E-state index contributed by atoms with van der Waals surface area (Å²) in [7, 11) is 0. The standard InChI is InChI=1S/C40H27NO/c1-40(2)34-11-7-6-10-31(34)33-22-29-17-16-27(20-30(29)23-35(33)40)28-15-13-24-12-14-25-18-19-36-38(37(25)32(24)21-28)42-39(41-36)26-8-4-3-5-9-26/h3-23H,1-2H3. The number of aromatic nitrogens is 1. The van der Waals surface area contributed by atoms with E-state index >= 15 is 0 Å². The minimum atomic E-state index is -0.0148. The SMILES string of the molecule is CC1(C)c2ccccc2-c2cc3ccc(-c4ccc5ccc6ccc7nc(-c8ccccc8)oc7c6c5c4)cc3cc21. The van der Waals surface area contributed by atoms with Crippen molar-refractivity contribution in [2.45, 2.75) is 19.3 Å². The van der Waals surface area contributed by atoms with Crippen LogP contribution in [-0.2, 0) is 5.41 Å². The molecule has 0 unspecified atom stereocenters. The third-order valence-corrected chi connectivity index (χ3v) is 9.25. The molecule has 1 aliphatic carbocycles. The first-order valence-electron chi connectivity index (χ1n) is 14.5. The molecule has 0 N–H and O–H groups in total. The molecule has 0 bridgehead atoms. The number of hydrogen-bond donors (Lipinski definition) is 0. The van der Waals surface area contributed by atoms with Gasteiger partial charge in [-0.25, -0.2) is 4.98 Å². The van der Waals surface area contributed by atoms with Crippen molar-refractivity contribution in [2.75, 3.05) is 0 Å². The van der Waals surface area contributed by atoms with Crippen LogP contribution in [0.2, 0.25) is 0 Å². The first-order chi connectivity index (χ1) is 20.5. The van der Waals surface area contributed by atoms with E-state index in [9.17, 15) is 0 Å². The lowest BCUT2D eigenvalue weighted by atomic mass is 9.82. The van der Waals surface area contributed by atoms with Crippen LogP contribution in [0.4, 0.5) is 0 Å². The first-order valence-corrected chi connectivity index (χ1v) is 14.5. The van der Waals surface area contributed by atoms with Crippen LogP contribution in [0.1, 0.15) is 25.0 Å². The first kappa shape index (κ1) is 23.5. The molecule has 0 saturated heterocycles. The van der Waals surface area contributed by atoms with Gasteiger partial charge in [0, 0.05) is 16.4 Å². The smallest absolute Gasteiger partial charge is 0.227 e. The number of hydrogen-bond acceptors (Lipinski definition) is 2. The maximum atomic E-state index is 6.46.